The maximum atomic E-state index is 13.3. The van der Waals surface area contributed by atoms with Crippen molar-refractivity contribution >= 4 is 29.2 Å². The van der Waals surface area contributed by atoms with Gasteiger partial charge in [0.25, 0.3) is 5.91 Å². The van der Waals surface area contributed by atoms with Crippen molar-refractivity contribution in [2.75, 3.05) is 6.54 Å². The molecule has 1 fully saturated rings. The van der Waals surface area contributed by atoms with Crippen molar-refractivity contribution in [3.63, 3.8) is 0 Å². The van der Waals surface area contributed by atoms with Crippen molar-refractivity contribution in [1.82, 2.24) is 15.1 Å². The molecule has 0 radical (unpaired) electrons. The predicted octanol–water partition coefficient (Wildman–Crippen LogP) is 3.73. The first-order chi connectivity index (χ1) is 15.0. The molecular weight excluding hydrogens is 414 g/mol. The van der Waals surface area contributed by atoms with Crippen LogP contribution in [0.1, 0.15) is 29.5 Å². The molecule has 4 amide bonds. The van der Waals surface area contributed by atoms with Gasteiger partial charge in [-0.05, 0) is 35.6 Å². The minimum Gasteiger partial charge on any atom is -0.467 e. The maximum Gasteiger partial charge on any atom is 0.325 e. The van der Waals surface area contributed by atoms with Crippen LogP contribution in [-0.4, -0.2) is 34.2 Å². The Morgan fingerprint density at radius 2 is 1.90 bits per heavy atom. The Hall–Kier alpha value is -3.39. The molecule has 8 heteroatoms. The summed E-state index contributed by atoms with van der Waals surface area (Å²) in [6.45, 7) is 2.14. The SMILES string of the molecule is CCC1(c2ccccc2)NC(=O)N(CC(=O)N(Cc2ccco2)Cc2cccs2)C1=O. The largest absolute Gasteiger partial charge is 0.467 e. The van der Waals surface area contributed by atoms with E-state index in [0.717, 1.165) is 9.78 Å². The number of nitrogens with one attached hydrogen (secondary N) is 1. The lowest BCUT2D eigenvalue weighted by Crippen LogP contribution is -2.45. The minimum absolute atomic E-state index is 0.255. The zero-order chi connectivity index (χ0) is 21.8. The minimum atomic E-state index is -1.15. The maximum absolute atomic E-state index is 13.3. The Labute approximate surface area is 184 Å². The van der Waals surface area contributed by atoms with Crippen molar-refractivity contribution in [3.05, 3.63) is 82.4 Å². The van der Waals surface area contributed by atoms with Gasteiger partial charge >= 0.3 is 6.03 Å². The Morgan fingerprint density at radius 1 is 1.10 bits per heavy atom. The monoisotopic (exact) mass is 437 g/mol. The highest BCUT2D eigenvalue weighted by Gasteiger charge is 2.51. The number of thiophene rings is 1. The number of rotatable bonds is 8. The van der Waals surface area contributed by atoms with Crippen molar-refractivity contribution < 1.29 is 18.8 Å². The third kappa shape index (κ3) is 4.11. The molecule has 0 spiro atoms. The lowest BCUT2D eigenvalue weighted by atomic mass is 9.87. The number of imide groups is 1. The molecule has 0 bridgehead atoms. The Morgan fingerprint density at radius 3 is 2.55 bits per heavy atom. The van der Waals surface area contributed by atoms with E-state index < -0.39 is 17.5 Å². The molecule has 2 aromatic heterocycles. The normalized spacial score (nSPS) is 18.3. The van der Waals surface area contributed by atoms with Gasteiger partial charge in [-0.15, -0.1) is 11.3 Å². The first-order valence-electron chi connectivity index (χ1n) is 10.1. The summed E-state index contributed by atoms with van der Waals surface area (Å²) in [6.07, 6.45) is 1.94. The van der Waals surface area contributed by atoms with Gasteiger partial charge in [0.05, 0.1) is 19.4 Å². The highest BCUT2D eigenvalue weighted by molar-refractivity contribution is 7.09. The molecule has 1 atom stereocenters. The van der Waals surface area contributed by atoms with E-state index in [2.05, 4.69) is 5.32 Å². The quantitative estimate of drug-likeness (QED) is 0.545. The van der Waals surface area contributed by atoms with Crippen molar-refractivity contribution in [2.24, 2.45) is 0 Å². The molecule has 7 nitrogen and oxygen atoms in total. The number of carbonyl (C=O) groups excluding carboxylic acids is 3. The van der Waals surface area contributed by atoms with Crippen molar-refractivity contribution in [2.45, 2.75) is 32.0 Å². The van der Waals surface area contributed by atoms with Crippen LogP contribution in [0.15, 0.2) is 70.7 Å². The summed E-state index contributed by atoms with van der Waals surface area (Å²) in [7, 11) is 0. The number of nitrogens with zero attached hydrogens (tertiary/aromatic N) is 2. The van der Waals surface area contributed by atoms with Crippen LogP contribution in [0.4, 0.5) is 4.79 Å². The van der Waals surface area contributed by atoms with E-state index in [9.17, 15) is 14.4 Å². The summed E-state index contributed by atoms with van der Waals surface area (Å²) < 4.78 is 5.40. The van der Waals surface area contributed by atoms with E-state index in [-0.39, 0.29) is 19.0 Å². The summed E-state index contributed by atoms with van der Waals surface area (Å²) in [5.41, 5.74) is -0.449. The van der Waals surface area contributed by atoms with E-state index in [4.69, 9.17) is 4.42 Å². The first-order valence-corrected chi connectivity index (χ1v) is 10.9. The number of furan rings is 1. The second-order valence-corrected chi connectivity index (χ2v) is 8.39. The molecule has 3 heterocycles. The fourth-order valence-electron chi connectivity index (χ4n) is 3.78. The van der Waals surface area contributed by atoms with E-state index in [1.54, 1.807) is 34.6 Å². The molecular formula is C23H23N3O4S. The van der Waals surface area contributed by atoms with Gasteiger partial charge in [-0.3, -0.25) is 14.5 Å². The highest BCUT2D eigenvalue weighted by Crippen LogP contribution is 2.32. The number of benzene rings is 1. The number of carbonyl (C=O) groups is 3. The number of hydrogen-bond acceptors (Lipinski definition) is 5. The van der Waals surface area contributed by atoms with Gasteiger partial charge in [-0.2, -0.15) is 0 Å². The summed E-state index contributed by atoms with van der Waals surface area (Å²) in [6, 6.07) is 16.0. The third-order valence-electron chi connectivity index (χ3n) is 5.47. The fourth-order valence-corrected chi connectivity index (χ4v) is 4.50. The Balaban J connectivity index is 1.55. The van der Waals surface area contributed by atoms with Gasteiger partial charge in [-0.1, -0.05) is 43.3 Å². The van der Waals surface area contributed by atoms with Crippen LogP contribution in [0.25, 0.3) is 0 Å². The fraction of sp³-hybridized carbons (Fsp3) is 0.261. The standard InChI is InChI=1S/C23H23N3O4S/c1-2-23(17-8-4-3-5-9-17)21(28)26(22(29)24-23)16-20(27)25(14-18-10-6-12-30-18)15-19-11-7-13-31-19/h3-13H,2,14-16H2,1H3,(H,24,29). The topological polar surface area (TPSA) is 82.9 Å². The van der Waals surface area contributed by atoms with Gasteiger partial charge in [0, 0.05) is 4.88 Å². The molecule has 1 saturated heterocycles. The van der Waals surface area contributed by atoms with Crippen molar-refractivity contribution in [3.8, 4) is 0 Å². The van der Waals surface area contributed by atoms with Crippen LogP contribution in [-0.2, 0) is 28.2 Å². The van der Waals surface area contributed by atoms with Crippen molar-refractivity contribution in [1.29, 1.82) is 0 Å². The van der Waals surface area contributed by atoms with Gasteiger partial charge in [-0.25, -0.2) is 4.79 Å². The molecule has 1 aliphatic heterocycles. The average molecular weight is 438 g/mol. The summed E-state index contributed by atoms with van der Waals surface area (Å²) in [5.74, 6) is -0.101. The molecule has 160 valence electrons. The third-order valence-corrected chi connectivity index (χ3v) is 6.33. The molecule has 1 N–H and O–H groups in total. The highest BCUT2D eigenvalue weighted by atomic mass is 32.1. The van der Waals surface area contributed by atoms with E-state index >= 15 is 0 Å². The molecule has 1 aromatic carbocycles. The van der Waals surface area contributed by atoms with Gasteiger partial charge < -0.3 is 14.6 Å². The van der Waals surface area contributed by atoms with Crippen LogP contribution < -0.4 is 5.32 Å². The molecule has 1 aliphatic rings. The van der Waals surface area contributed by atoms with E-state index in [1.165, 1.54) is 0 Å². The molecule has 0 aliphatic carbocycles. The lowest BCUT2D eigenvalue weighted by molar-refractivity contribution is -0.140. The predicted molar refractivity (Wildman–Crippen MR) is 116 cm³/mol. The molecule has 1 unspecified atom stereocenters. The number of hydrogen-bond donors (Lipinski definition) is 1. The summed E-state index contributed by atoms with van der Waals surface area (Å²) in [5, 5.41) is 4.76. The van der Waals surface area contributed by atoms with Crippen LogP contribution in [0.3, 0.4) is 0 Å². The zero-order valence-corrected chi connectivity index (χ0v) is 17.9. The van der Waals surface area contributed by atoms with Gasteiger partial charge in [0.2, 0.25) is 5.91 Å². The Kier molecular flexibility index (Phi) is 5.90. The molecule has 31 heavy (non-hydrogen) atoms. The second kappa shape index (κ2) is 8.77. The van der Waals surface area contributed by atoms with Crippen LogP contribution in [0.5, 0.6) is 0 Å². The summed E-state index contributed by atoms with van der Waals surface area (Å²) >= 11 is 1.54. The molecule has 4 rings (SSSR count). The lowest BCUT2D eigenvalue weighted by Gasteiger charge is -2.26. The smallest absolute Gasteiger partial charge is 0.325 e. The summed E-state index contributed by atoms with van der Waals surface area (Å²) in [4.78, 5) is 42.9. The van der Waals surface area contributed by atoms with Gasteiger partial charge in [0.1, 0.15) is 17.8 Å². The van der Waals surface area contributed by atoms with E-state index in [1.807, 2.05) is 54.8 Å². The first kappa shape index (κ1) is 20.9. The van der Waals surface area contributed by atoms with Crippen LogP contribution >= 0.6 is 11.3 Å². The van der Waals surface area contributed by atoms with Crippen LogP contribution in [0.2, 0.25) is 0 Å². The van der Waals surface area contributed by atoms with Gasteiger partial charge in [0.15, 0.2) is 0 Å². The number of urea groups is 1. The van der Waals surface area contributed by atoms with Crippen LogP contribution in [0, 0.1) is 0 Å². The number of amides is 4. The van der Waals surface area contributed by atoms with E-state index in [0.29, 0.717) is 24.3 Å². The average Bonchev–Trinajstić information content (AvgIpc) is 3.53. The Bertz CT molecular complexity index is 1010. The second-order valence-electron chi connectivity index (χ2n) is 7.35. The molecule has 3 aromatic rings. The zero-order valence-electron chi connectivity index (χ0n) is 17.1. The molecule has 0 saturated carbocycles.